The van der Waals surface area contributed by atoms with Crippen molar-refractivity contribution in [3.8, 4) is 5.75 Å². The summed E-state index contributed by atoms with van der Waals surface area (Å²) in [5.41, 5.74) is 1.05. The maximum atomic E-state index is 11.3. The van der Waals surface area contributed by atoms with Crippen LogP contribution in [0.2, 0.25) is 0 Å². The van der Waals surface area contributed by atoms with Crippen molar-refractivity contribution < 1.29 is 14.6 Å². The van der Waals surface area contributed by atoms with Crippen LogP contribution >= 0.6 is 0 Å². The molecular weight excluding hydrogens is 266 g/mol. The van der Waals surface area contributed by atoms with E-state index in [1.807, 2.05) is 53.2 Å². The number of hydrogen-bond acceptors (Lipinski definition) is 2. The van der Waals surface area contributed by atoms with Crippen molar-refractivity contribution in [1.82, 2.24) is 4.57 Å². The van der Waals surface area contributed by atoms with Gasteiger partial charge in [0.2, 0.25) is 0 Å². The lowest BCUT2D eigenvalue weighted by molar-refractivity contribution is 0.0698. The largest absolute Gasteiger partial charge is 0.492 e. The van der Waals surface area contributed by atoms with E-state index in [2.05, 4.69) is 0 Å². The van der Waals surface area contributed by atoms with Crippen molar-refractivity contribution in [2.24, 2.45) is 0 Å². The highest BCUT2D eigenvalue weighted by atomic mass is 16.5. The second kappa shape index (κ2) is 5.71. The van der Waals surface area contributed by atoms with E-state index in [0.29, 0.717) is 18.7 Å². The molecule has 0 radical (unpaired) electrons. The van der Waals surface area contributed by atoms with Gasteiger partial charge in [-0.1, -0.05) is 30.3 Å². The van der Waals surface area contributed by atoms with E-state index in [1.165, 1.54) is 0 Å². The number of benzene rings is 2. The maximum absolute atomic E-state index is 11.3. The van der Waals surface area contributed by atoms with Gasteiger partial charge >= 0.3 is 5.97 Å². The Labute approximate surface area is 122 Å². The molecule has 0 bridgehead atoms. The van der Waals surface area contributed by atoms with Crippen LogP contribution in [0.5, 0.6) is 5.75 Å². The van der Waals surface area contributed by atoms with Crippen molar-refractivity contribution >= 4 is 16.9 Å². The molecule has 0 aliphatic rings. The minimum Gasteiger partial charge on any atom is -0.492 e. The van der Waals surface area contributed by atoms with Crippen LogP contribution in [0.4, 0.5) is 0 Å². The molecule has 21 heavy (non-hydrogen) atoms. The average Bonchev–Trinajstić information content (AvgIpc) is 2.91. The summed E-state index contributed by atoms with van der Waals surface area (Å²) in [6, 6.07) is 16.8. The van der Waals surface area contributed by atoms with Gasteiger partial charge in [-0.2, -0.15) is 0 Å². The summed E-state index contributed by atoms with van der Waals surface area (Å²) in [5, 5.41) is 10.2. The van der Waals surface area contributed by atoms with Crippen LogP contribution in [0.1, 0.15) is 10.4 Å². The monoisotopic (exact) mass is 281 g/mol. The standard InChI is InChI=1S/C17H15NO3/c19-17(20)15-8-4-5-13-9-10-18(16(13)15)11-12-21-14-6-2-1-3-7-14/h1-10H,11-12H2,(H,19,20). The van der Waals surface area contributed by atoms with Crippen molar-refractivity contribution in [3.05, 3.63) is 66.4 Å². The summed E-state index contributed by atoms with van der Waals surface area (Å²) < 4.78 is 7.58. The molecule has 3 rings (SSSR count). The summed E-state index contributed by atoms with van der Waals surface area (Å²) in [6.45, 7) is 1.09. The first kappa shape index (κ1) is 13.2. The van der Waals surface area contributed by atoms with Gasteiger partial charge in [0.25, 0.3) is 0 Å². The Bertz CT molecular complexity index is 762. The SMILES string of the molecule is O=C(O)c1cccc2ccn(CCOc3ccccc3)c12. The quantitative estimate of drug-likeness (QED) is 0.779. The summed E-state index contributed by atoms with van der Waals surface area (Å²) in [5.74, 6) is -0.100. The van der Waals surface area contributed by atoms with Gasteiger partial charge < -0.3 is 14.4 Å². The maximum Gasteiger partial charge on any atom is 0.337 e. The highest BCUT2D eigenvalue weighted by Crippen LogP contribution is 2.20. The second-order valence-corrected chi connectivity index (χ2v) is 4.72. The number of ether oxygens (including phenoxy) is 1. The van der Waals surface area contributed by atoms with Crippen LogP contribution in [0, 0.1) is 0 Å². The number of aromatic nitrogens is 1. The molecule has 0 aliphatic heterocycles. The zero-order chi connectivity index (χ0) is 14.7. The molecule has 0 amide bonds. The van der Waals surface area contributed by atoms with Crippen LogP contribution in [-0.2, 0) is 6.54 Å². The number of carboxylic acids is 1. The van der Waals surface area contributed by atoms with Gasteiger partial charge in [0.1, 0.15) is 12.4 Å². The number of aromatic carboxylic acids is 1. The lowest BCUT2D eigenvalue weighted by Crippen LogP contribution is -2.09. The first-order valence-corrected chi connectivity index (χ1v) is 6.75. The summed E-state index contributed by atoms with van der Waals surface area (Å²) in [7, 11) is 0. The average molecular weight is 281 g/mol. The Hall–Kier alpha value is -2.75. The highest BCUT2D eigenvalue weighted by Gasteiger charge is 2.11. The molecule has 2 aromatic carbocycles. The minimum atomic E-state index is -0.912. The summed E-state index contributed by atoms with van der Waals surface area (Å²) in [4.78, 5) is 11.3. The Morgan fingerprint density at radius 2 is 1.86 bits per heavy atom. The molecule has 4 nitrogen and oxygen atoms in total. The lowest BCUT2D eigenvalue weighted by Gasteiger charge is -2.09. The number of carboxylic acid groups (broad SMARTS) is 1. The van der Waals surface area contributed by atoms with E-state index in [-0.39, 0.29) is 0 Å². The van der Waals surface area contributed by atoms with Crippen LogP contribution in [0.3, 0.4) is 0 Å². The Morgan fingerprint density at radius 1 is 1.05 bits per heavy atom. The summed E-state index contributed by atoms with van der Waals surface area (Å²) >= 11 is 0. The number of carbonyl (C=O) groups is 1. The number of rotatable bonds is 5. The molecule has 106 valence electrons. The molecule has 0 aliphatic carbocycles. The summed E-state index contributed by atoms with van der Waals surface area (Å²) in [6.07, 6.45) is 1.89. The van der Waals surface area contributed by atoms with Crippen molar-refractivity contribution in [1.29, 1.82) is 0 Å². The predicted octanol–water partition coefficient (Wildman–Crippen LogP) is 3.42. The van der Waals surface area contributed by atoms with Crippen LogP contribution in [0.15, 0.2) is 60.8 Å². The van der Waals surface area contributed by atoms with E-state index in [4.69, 9.17) is 4.74 Å². The van der Waals surface area contributed by atoms with Crippen molar-refractivity contribution in [2.75, 3.05) is 6.61 Å². The zero-order valence-corrected chi connectivity index (χ0v) is 11.4. The van der Waals surface area contributed by atoms with Crippen LogP contribution < -0.4 is 4.74 Å². The molecule has 3 aromatic rings. The second-order valence-electron chi connectivity index (χ2n) is 4.72. The number of nitrogens with zero attached hydrogens (tertiary/aromatic N) is 1. The van der Waals surface area contributed by atoms with Gasteiger partial charge in [0.15, 0.2) is 0 Å². The van der Waals surface area contributed by atoms with Crippen molar-refractivity contribution in [3.63, 3.8) is 0 Å². The third-order valence-electron chi connectivity index (χ3n) is 3.36. The molecule has 0 saturated carbocycles. The van der Waals surface area contributed by atoms with Gasteiger partial charge in [0, 0.05) is 11.6 Å². The Kier molecular flexibility index (Phi) is 3.60. The molecular formula is C17H15NO3. The number of hydrogen-bond donors (Lipinski definition) is 1. The third kappa shape index (κ3) is 2.74. The molecule has 0 fully saturated rings. The molecule has 4 heteroatoms. The van der Waals surface area contributed by atoms with E-state index in [0.717, 1.165) is 16.7 Å². The van der Waals surface area contributed by atoms with E-state index in [1.54, 1.807) is 12.1 Å². The molecule has 0 unspecified atom stereocenters. The lowest BCUT2D eigenvalue weighted by atomic mass is 10.1. The van der Waals surface area contributed by atoms with E-state index >= 15 is 0 Å². The number of para-hydroxylation sites is 2. The van der Waals surface area contributed by atoms with Crippen LogP contribution in [0.25, 0.3) is 10.9 Å². The Balaban J connectivity index is 1.80. The topological polar surface area (TPSA) is 51.5 Å². The fourth-order valence-electron chi connectivity index (χ4n) is 2.40. The minimum absolute atomic E-state index is 0.317. The Morgan fingerprint density at radius 3 is 2.62 bits per heavy atom. The fraction of sp³-hybridized carbons (Fsp3) is 0.118. The van der Waals surface area contributed by atoms with E-state index < -0.39 is 5.97 Å². The smallest absolute Gasteiger partial charge is 0.337 e. The van der Waals surface area contributed by atoms with Gasteiger partial charge in [0.05, 0.1) is 17.6 Å². The first-order chi connectivity index (χ1) is 10.3. The predicted molar refractivity (Wildman–Crippen MR) is 80.8 cm³/mol. The van der Waals surface area contributed by atoms with Gasteiger partial charge in [-0.3, -0.25) is 0 Å². The van der Waals surface area contributed by atoms with Gasteiger partial charge in [-0.15, -0.1) is 0 Å². The molecule has 0 saturated heterocycles. The van der Waals surface area contributed by atoms with Crippen molar-refractivity contribution in [2.45, 2.75) is 6.54 Å². The normalized spacial score (nSPS) is 10.7. The highest BCUT2D eigenvalue weighted by molar-refractivity contribution is 6.02. The van der Waals surface area contributed by atoms with Gasteiger partial charge in [-0.05, 0) is 24.3 Å². The molecule has 1 N–H and O–H groups in total. The fourth-order valence-corrected chi connectivity index (χ4v) is 2.40. The molecule has 0 atom stereocenters. The van der Waals surface area contributed by atoms with E-state index in [9.17, 15) is 9.90 Å². The zero-order valence-electron chi connectivity index (χ0n) is 11.4. The molecule has 1 heterocycles. The molecule has 1 aromatic heterocycles. The molecule has 0 spiro atoms. The first-order valence-electron chi connectivity index (χ1n) is 6.75. The number of fused-ring (bicyclic) bond motifs is 1. The third-order valence-corrected chi connectivity index (χ3v) is 3.36. The van der Waals surface area contributed by atoms with Gasteiger partial charge in [-0.25, -0.2) is 4.79 Å². The van der Waals surface area contributed by atoms with Crippen LogP contribution in [-0.4, -0.2) is 22.2 Å².